The van der Waals surface area contributed by atoms with E-state index >= 15 is 0 Å². The number of rotatable bonds is 4. The number of anilines is 1. The number of aromatic nitrogens is 3. The van der Waals surface area contributed by atoms with Gasteiger partial charge in [-0.05, 0) is 32.9 Å². The molecular weight excluding hydrogens is 308 g/mol. The highest BCUT2D eigenvalue weighted by Gasteiger charge is 2.16. The lowest BCUT2D eigenvalue weighted by molar-refractivity contribution is 0.101. The van der Waals surface area contributed by atoms with Crippen LogP contribution in [0.4, 0.5) is 5.69 Å². The van der Waals surface area contributed by atoms with E-state index in [-0.39, 0.29) is 17.6 Å². The number of benzene rings is 1. The molecule has 24 heavy (non-hydrogen) atoms. The second-order valence-corrected chi connectivity index (χ2v) is 5.24. The Hall–Kier alpha value is -3.22. The number of hydrogen-bond acceptors (Lipinski definition) is 6. The number of carbonyl (C=O) groups excluding carboxylic acids is 1. The van der Waals surface area contributed by atoms with Crippen molar-refractivity contribution in [2.45, 2.75) is 20.8 Å². The highest BCUT2D eigenvalue weighted by atomic mass is 16.5. The summed E-state index contributed by atoms with van der Waals surface area (Å²) < 4.78 is 10.5. The number of ether oxygens (including phenoxy) is 1. The zero-order valence-electron chi connectivity index (χ0n) is 13.5. The summed E-state index contributed by atoms with van der Waals surface area (Å²) in [4.78, 5) is 20.8. The molecule has 3 aromatic rings. The number of carbonyl (C=O) groups is 1. The molecule has 7 nitrogen and oxygen atoms in total. The van der Waals surface area contributed by atoms with Crippen LogP contribution < -0.4 is 10.1 Å². The largest absolute Gasteiger partial charge is 0.424 e. The van der Waals surface area contributed by atoms with E-state index in [1.165, 1.54) is 0 Å². The molecule has 1 N–H and O–H groups in total. The second kappa shape index (κ2) is 6.49. The summed E-state index contributed by atoms with van der Waals surface area (Å²) in [5.41, 5.74) is 1.93. The Balaban J connectivity index is 1.81. The number of para-hydroxylation sites is 1. The van der Waals surface area contributed by atoms with Crippen molar-refractivity contribution in [2.75, 3.05) is 5.32 Å². The van der Waals surface area contributed by atoms with E-state index in [1.807, 2.05) is 30.3 Å². The average Bonchev–Trinajstić information content (AvgIpc) is 2.98. The van der Waals surface area contributed by atoms with Crippen molar-refractivity contribution in [3.8, 4) is 11.8 Å². The highest BCUT2D eigenvalue weighted by molar-refractivity contribution is 6.03. The number of hydrogen-bond donors (Lipinski definition) is 1. The molecule has 0 aliphatic rings. The normalized spacial score (nSPS) is 10.5. The van der Waals surface area contributed by atoms with Gasteiger partial charge >= 0.3 is 6.01 Å². The Kier molecular flexibility index (Phi) is 4.24. The van der Waals surface area contributed by atoms with Crippen molar-refractivity contribution in [2.24, 2.45) is 0 Å². The predicted octanol–water partition coefficient (Wildman–Crippen LogP) is 3.43. The molecule has 1 amide bonds. The van der Waals surface area contributed by atoms with Crippen molar-refractivity contribution in [3.05, 3.63) is 59.2 Å². The van der Waals surface area contributed by atoms with E-state index in [0.717, 1.165) is 0 Å². The van der Waals surface area contributed by atoms with Gasteiger partial charge in [0.1, 0.15) is 11.5 Å². The molecule has 7 heteroatoms. The van der Waals surface area contributed by atoms with Crippen LogP contribution in [0.5, 0.6) is 11.8 Å². The summed E-state index contributed by atoms with van der Waals surface area (Å²) in [6.45, 7) is 5.27. The van der Waals surface area contributed by atoms with Crippen LogP contribution in [0.3, 0.4) is 0 Å². The summed E-state index contributed by atoms with van der Waals surface area (Å²) in [6.07, 6.45) is 0. The first-order valence-electron chi connectivity index (χ1n) is 7.36. The Morgan fingerprint density at radius 2 is 1.75 bits per heavy atom. The standard InChI is InChI=1S/C17H16N4O3/c1-10-9-14(21-24-10)16(22)20-15-11(2)18-17(19-12(15)3)23-13-7-5-4-6-8-13/h4-9H,1-3H3,(H,20,22). The number of amides is 1. The molecular formula is C17H16N4O3. The van der Waals surface area contributed by atoms with E-state index in [9.17, 15) is 4.79 Å². The van der Waals surface area contributed by atoms with Crippen LogP contribution in [0, 0.1) is 20.8 Å². The molecule has 0 bridgehead atoms. The average molecular weight is 324 g/mol. The minimum atomic E-state index is -0.377. The molecule has 0 spiro atoms. The summed E-state index contributed by atoms with van der Waals surface area (Å²) in [5.74, 6) is 0.834. The predicted molar refractivity (Wildman–Crippen MR) is 87.2 cm³/mol. The Morgan fingerprint density at radius 3 is 2.33 bits per heavy atom. The van der Waals surface area contributed by atoms with Crippen molar-refractivity contribution in [3.63, 3.8) is 0 Å². The van der Waals surface area contributed by atoms with Gasteiger partial charge in [-0.25, -0.2) is 0 Å². The van der Waals surface area contributed by atoms with E-state index < -0.39 is 0 Å². The third kappa shape index (κ3) is 3.40. The fraction of sp³-hybridized carbons (Fsp3) is 0.176. The van der Waals surface area contributed by atoms with Crippen molar-refractivity contribution >= 4 is 11.6 Å². The molecule has 0 saturated heterocycles. The second-order valence-electron chi connectivity index (χ2n) is 5.24. The first kappa shape index (κ1) is 15.7. The number of nitrogens with zero attached hydrogens (tertiary/aromatic N) is 3. The number of aryl methyl sites for hydroxylation is 3. The molecule has 2 heterocycles. The van der Waals surface area contributed by atoms with Gasteiger partial charge in [0.2, 0.25) is 0 Å². The third-order valence-electron chi connectivity index (χ3n) is 3.30. The van der Waals surface area contributed by atoms with Gasteiger partial charge in [-0.15, -0.1) is 0 Å². The van der Waals surface area contributed by atoms with E-state index in [4.69, 9.17) is 9.26 Å². The molecule has 0 radical (unpaired) electrons. The maximum absolute atomic E-state index is 12.2. The van der Waals surface area contributed by atoms with Gasteiger partial charge in [0.15, 0.2) is 5.69 Å². The Morgan fingerprint density at radius 1 is 1.08 bits per heavy atom. The third-order valence-corrected chi connectivity index (χ3v) is 3.30. The summed E-state index contributed by atoms with van der Waals surface area (Å²) >= 11 is 0. The molecule has 0 atom stereocenters. The Bertz CT molecular complexity index is 852. The van der Waals surface area contributed by atoms with Gasteiger partial charge in [0, 0.05) is 6.07 Å². The van der Waals surface area contributed by atoms with E-state index in [2.05, 4.69) is 20.4 Å². The van der Waals surface area contributed by atoms with Crippen LogP contribution in [0.25, 0.3) is 0 Å². The quantitative estimate of drug-likeness (QED) is 0.790. The smallest absolute Gasteiger partial charge is 0.322 e. The summed E-state index contributed by atoms with van der Waals surface area (Å²) in [7, 11) is 0. The molecule has 0 saturated carbocycles. The van der Waals surface area contributed by atoms with Crippen molar-refractivity contribution < 1.29 is 14.1 Å². The lowest BCUT2D eigenvalue weighted by Crippen LogP contribution is -2.15. The van der Waals surface area contributed by atoms with Crippen molar-refractivity contribution in [1.29, 1.82) is 0 Å². The lowest BCUT2D eigenvalue weighted by atomic mass is 10.2. The van der Waals surface area contributed by atoms with Gasteiger partial charge in [-0.2, -0.15) is 9.97 Å². The topological polar surface area (TPSA) is 90.1 Å². The first-order chi connectivity index (χ1) is 11.5. The zero-order chi connectivity index (χ0) is 17.1. The van der Waals surface area contributed by atoms with Gasteiger partial charge in [0.05, 0.1) is 17.1 Å². The highest BCUT2D eigenvalue weighted by Crippen LogP contribution is 2.23. The molecule has 1 aromatic carbocycles. The van der Waals surface area contributed by atoms with Crippen LogP contribution in [0.15, 0.2) is 40.9 Å². The van der Waals surface area contributed by atoms with E-state index in [0.29, 0.717) is 28.6 Å². The Labute approximate surface area is 138 Å². The lowest BCUT2D eigenvalue weighted by Gasteiger charge is -2.11. The van der Waals surface area contributed by atoms with Gasteiger partial charge in [-0.3, -0.25) is 4.79 Å². The fourth-order valence-corrected chi connectivity index (χ4v) is 2.16. The van der Waals surface area contributed by atoms with Gasteiger partial charge in [-0.1, -0.05) is 23.4 Å². The monoisotopic (exact) mass is 324 g/mol. The minimum absolute atomic E-state index is 0.205. The molecule has 3 rings (SSSR count). The maximum Gasteiger partial charge on any atom is 0.322 e. The molecule has 0 aliphatic heterocycles. The summed E-state index contributed by atoms with van der Waals surface area (Å²) in [5, 5.41) is 6.45. The molecule has 0 aliphatic carbocycles. The van der Waals surface area contributed by atoms with Crippen LogP contribution in [-0.4, -0.2) is 21.0 Å². The van der Waals surface area contributed by atoms with E-state index in [1.54, 1.807) is 26.8 Å². The van der Waals surface area contributed by atoms with Crippen LogP contribution >= 0.6 is 0 Å². The molecule has 2 aromatic heterocycles. The van der Waals surface area contributed by atoms with Gasteiger partial charge < -0.3 is 14.6 Å². The molecule has 0 fully saturated rings. The zero-order valence-corrected chi connectivity index (χ0v) is 13.5. The van der Waals surface area contributed by atoms with Gasteiger partial charge in [0.25, 0.3) is 5.91 Å². The minimum Gasteiger partial charge on any atom is -0.424 e. The summed E-state index contributed by atoms with van der Waals surface area (Å²) in [6, 6.07) is 11.1. The maximum atomic E-state index is 12.2. The van der Waals surface area contributed by atoms with Crippen molar-refractivity contribution in [1.82, 2.24) is 15.1 Å². The van der Waals surface area contributed by atoms with Crippen LogP contribution in [-0.2, 0) is 0 Å². The first-order valence-corrected chi connectivity index (χ1v) is 7.36. The van der Waals surface area contributed by atoms with Crippen LogP contribution in [0.2, 0.25) is 0 Å². The number of nitrogens with one attached hydrogen (secondary N) is 1. The van der Waals surface area contributed by atoms with Crippen LogP contribution in [0.1, 0.15) is 27.6 Å². The SMILES string of the molecule is Cc1cc(C(=O)Nc2c(C)nc(Oc3ccccc3)nc2C)no1. The molecule has 0 unspecified atom stereocenters. The molecule has 122 valence electrons. The fourth-order valence-electron chi connectivity index (χ4n) is 2.16.